The van der Waals surface area contributed by atoms with Gasteiger partial charge in [0.15, 0.2) is 0 Å². The van der Waals surface area contributed by atoms with Gasteiger partial charge in [0.25, 0.3) is 15.9 Å². The van der Waals surface area contributed by atoms with Crippen molar-refractivity contribution >= 4 is 21.8 Å². The number of benzene rings is 2. The number of rotatable bonds is 6. The number of para-hydroxylation sites is 1. The molecule has 0 unspecified atom stereocenters. The van der Waals surface area contributed by atoms with Gasteiger partial charge >= 0.3 is 0 Å². The molecular formula is C18H19N3O4S. The first-order valence-corrected chi connectivity index (χ1v) is 9.56. The van der Waals surface area contributed by atoms with Crippen molar-refractivity contribution in [1.82, 2.24) is 10.6 Å². The monoisotopic (exact) mass is 373 g/mol. The van der Waals surface area contributed by atoms with E-state index < -0.39 is 10.0 Å². The third kappa shape index (κ3) is 3.70. The van der Waals surface area contributed by atoms with E-state index in [9.17, 15) is 13.2 Å². The summed E-state index contributed by atoms with van der Waals surface area (Å²) in [6.07, 6.45) is 0.613. The largest absolute Gasteiger partial charge is 0.496 e. The van der Waals surface area contributed by atoms with Crippen LogP contribution >= 0.6 is 0 Å². The number of methoxy groups -OCH3 is 1. The number of nitrogens with one attached hydrogen (secondary N) is 2. The van der Waals surface area contributed by atoms with Crippen molar-refractivity contribution in [3.63, 3.8) is 0 Å². The first-order valence-electron chi connectivity index (χ1n) is 8.12. The summed E-state index contributed by atoms with van der Waals surface area (Å²) in [6.45, 7) is 0.917. The zero-order chi connectivity index (χ0) is 18.6. The molecule has 2 aromatic rings. The normalized spacial score (nSPS) is 14.3. The Bertz CT molecular complexity index is 954. The fraction of sp³-hybridized carbons (Fsp3) is 0.222. The number of amidine groups is 1. The van der Waals surface area contributed by atoms with E-state index in [1.807, 2.05) is 0 Å². The molecule has 0 radical (unpaired) electrons. The topological polar surface area (TPSA) is 96.9 Å². The number of nitrogens with zero attached hydrogens (tertiary/aromatic N) is 1. The maximum Gasteiger partial charge on any atom is 0.285 e. The molecule has 136 valence electrons. The number of ether oxygens (including phenoxy) is 1. The lowest BCUT2D eigenvalue weighted by atomic mass is 10.2. The van der Waals surface area contributed by atoms with Crippen LogP contribution in [0, 0.1) is 0 Å². The third-order valence-electron chi connectivity index (χ3n) is 3.91. The van der Waals surface area contributed by atoms with E-state index in [2.05, 4.69) is 15.0 Å². The highest BCUT2D eigenvalue weighted by Gasteiger charge is 2.27. The van der Waals surface area contributed by atoms with Crippen molar-refractivity contribution in [2.45, 2.75) is 11.3 Å². The molecule has 0 bridgehead atoms. The molecule has 2 aromatic carbocycles. The Hall–Kier alpha value is -2.87. The van der Waals surface area contributed by atoms with Gasteiger partial charge in [-0.1, -0.05) is 24.3 Å². The van der Waals surface area contributed by atoms with Gasteiger partial charge in [-0.15, -0.1) is 4.40 Å². The van der Waals surface area contributed by atoms with Crippen LogP contribution in [0.5, 0.6) is 5.75 Å². The van der Waals surface area contributed by atoms with Crippen molar-refractivity contribution in [3.05, 3.63) is 59.7 Å². The minimum atomic E-state index is -3.61. The highest BCUT2D eigenvalue weighted by atomic mass is 32.2. The summed E-state index contributed by atoms with van der Waals surface area (Å²) in [5, 5.41) is 5.84. The Morgan fingerprint density at radius 1 is 1.08 bits per heavy atom. The molecule has 0 saturated carbocycles. The molecule has 1 heterocycles. The molecule has 2 N–H and O–H groups in total. The maximum absolute atomic E-state index is 12.2. The van der Waals surface area contributed by atoms with Crippen LogP contribution in [0.15, 0.2) is 57.8 Å². The van der Waals surface area contributed by atoms with Crippen LogP contribution in [0.1, 0.15) is 22.3 Å². The third-order valence-corrected chi connectivity index (χ3v) is 5.25. The van der Waals surface area contributed by atoms with Gasteiger partial charge in [-0.2, -0.15) is 8.42 Å². The Morgan fingerprint density at radius 2 is 1.81 bits per heavy atom. The predicted molar refractivity (Wildman–Crippen MR) is 98.1 cm³/mol. The summed E-state index contributed by atoms with van der Waals surface area (Å²) in [5.41, 5.74) is 1.05. The molecule has 8 heteroatoms. The van der Waals surface area contributed by atoms with Gasteiger partial charge in [0.1, 0.15) is 16.5 Å². The quantitative estimate of drug-likeness (QED) is 0.749. The number of carbonyl (C=O) groups is 1. The van der Waals surface area contributed by atoms with Crippen molar-refractivity contribution in [1.29, 1.82) is 0 Å². The van der Waals surface area contributed by atoms with Crippen molar-refractivity contribution in [2.75, 3.05) is 20.2 Å². The summed E-state index contributed by atoms with van der Waals surface area (Å²) in [6, 6.07) is 13.7. The second kappa shape index (κ2) is 7.57. The van der Waals surface area contributed by atoms with Crippen LogP contribution in [-0.4, -0.2) is 40.4 Å². The van der Waals surface area contributed by atoms with E-state index in [0.29, 0.717) is 42.2 Å². The van der Waals surface area contributed by atoms with E-state index in [1.165, 1.54) is 13.2 Å². The lowest BCUT2D eigenvalue weighted by Crippen LogP contribution is -2.30. The molecule has 1 aliphatic rings. The van der Waals surface area contributed by atoms with Crippen LogP contribution < -0.4 is 15.4 Å². The molecular weight excluding hydrogens is 354 g/mol. The minimum Gasteiger partial charge on any atom is -0.496 e. The highest BCUT2D eigenvalue weighted by molar-refractivity contribution is 7.90. The summed E-state index contributed by atoms with van der Waals surface area (Å²) < 4.78 is 32.9. The number of amides is 1. The Morgan fingerprint density at radius 3 is 2.62 bits per heavy atom. The Kier molecular flexibility index (Phi) is 5.22. The number of hydrogen-bond donors (Lipinski definition) is 2. The van der Waals surface area contributed by atoms with E-state index in [0.717, 1.165) is 0 Å². The SMILES string of the molecule is COc1ccccc1C(=O)NCCCNC1=NS(=O)(=O)c2ccccc21. The molecule has 7 nitrogen and oxygen atoms in total. The Balaban J connectivity index is 1.50. The van der Waals surface area contributed by atoms with Gasteiger partial charge < -0.3 is 15.4 Å². The predicted octanol–water partition coefficient (Wildman–Crippen LogP) is 1.55. The van der Waals surface area contributed by atoms with Crippen molar-refractivity contribution < 1.29 is 17.9 Å². The maximum atomic E-state index is 12.2. The van der Waals surface area contributed by atoms with Crippen molar-refractivity contribution in [3.8, 4) is 5.75 Å². The molecule has 0 aromatic heterocycles. The highest BCUT2D eigenvalue weighted by Crippen LogP contribution is 2.24. The summed E-state index contributed by atoms with van der Waals surface area (Å²) >= 11 is 0. The van der Waals surface area contributed by atoms with E-state index >= 15 is 0 Å². The molecule has 0 saturated heterocycles. The fourth-order valence-corrected chi connectivity index (χ4v) is 3.85. The molecule has 1 amide bonds. The lowest BCUT2D eigenvalue weighted by Gasteiger charge is -2.10. The fourth-order valence-electron chi connectivity index (χ4n) is 2.66. The molecule has 0 spiro atoms. The smallest absolute Gasteiger partial charge is 0.285 e. The first-order chi connectivity index (χ1) is 12.5. The summed E-state index contributed by atoms with van der Waals surface area (Å²) in [7, 11) is -2.09. The van der Waals surface area contributed by atoms with E-state index in [1.54, 1.807) is 42.5 Å². The van der Waals surface area contributed by atoms with Crippen LogP contribution in [0.2, 0.25) is 0 Å². The van der Waals surface area contributed by atoms with Gasteiger partial charge in [-0.3, -0.25) is 4.79 Å². The van der Waals surface area contributed by atoms with Gasteiger partial charge in [-0.25, -0.2) is 0 Å². The standard InChI is InChI=1S/C18H19N3O4S/c1-25-15-9-4-2-7-13(15)18(22)20-12-6-11-19-17-14-8-3-5-10-16(14)26(23,24)21-17/h2-5,7-10H,6,11-12H2,1H3,(H,19,21)(H,20,22). The van der Waals surface area contributed by atoms with Crippen LogP contribution in [0.4, 0.5) is 0 Å². The summed E-state index contributed by atoms with van der Waals surface area (Å²) in [4.78, 5) is 12.4. The zero-order valence-electron chi connectivity index (χ0n) is 14.2. The number of sulfonamides is 1. The number of hydrogen-bond acceptors (Lipinski definition) is 5. The molecule has 3 rings (SSSR count). The van der Waals surface area contributed by atoms with Gasteiger partial charge in [0.2, 0.25) is 0 Å². The zero-order valence-corrected chi connectivity index (χ0v) is 15.0. The number of fused-ring (bicyclic) bond motifs is 1. The molecule has 0 atom stereocenters. The van der Waals surface area contributed by atoms with Crippen LogP contribution in [0.25, 0.3) is 0 Å². The van der Waals surface area contributed by atoms with Gasteiger partial charge in [-0.05, 0) is 30.7 Å². The number of carbonyl (C=O) groups excluding carboxylic acids is 1. The molecule has 0 fully saturated rings. The van der Waals surface area contributed by atoms with Gasteiger partial charge in [0, 0.05) is 18.7 Å². The molecule has 1 aliphatic heterocycles. The summed E-state index contributed by atoms with van der Waals surface area (Å²) in [5.74, 6) is 0.649. The average Bonchev–Trinajstić information content (AvgIpc) is 2.92. The van der Waals surface area contributed by atoms with Crippen LogP contribution in [0.3, 0.4) is 0 Å². The van der Waals surface area contributed by atoms with E-state index in [4.69, 9.17) is 4.74 Å². The van der Waals surface area contributed by atoms with E-state index in [-0.39, 0.29) is 10.8 Å². The van der Waals surface area contributed by atoms with Gasteiger partial charge in [0.05, 0.1) is 12.7 Å². The second-order valence-corrected chi connectivity index (χ2v) is 7.22. The Labute approximate surface area is 152 Å². The lowest BCUT2D eigenvalue weighted by molar-refractivity contribution is 0.0950. The van der Waals surface area contributed by atoms with Crippen molar-refractivity contribution in [2.24, 2.45) is 4.40 Å². The minimum absolute atomic E-state index is 0.214. The van der Waals surface area contributed by atoms with Crippen LogP contribution in [-0.2, 0) is 10.0 Å². The average molecular weight is 373 g/mol. The first kappa shape index (κ1) is 17.9. The molecule has 26 heavy (non-hydrogen) atoms. The molecule has 0 aliphatic carbocycles. The second-order valence-electron chi connectivity index (χ2n) is 5.65.